The van der Waals surface area contributed by atoms with Crippen LogP contribution in [0.3, 0.4) is 0 Å². The normalized spacial score (nSPS) is 15.2. The number of nitrogens with zero attached hydrogens (tertiary/aromatic N) is 2. The SMILES string of the molecule is CCOCc1nc(O)c(C(=O)N2CCC(c3cccc(F)c3)C2)c(O)c1-c1c(OC)cccc1OC. The molecule has 1 fully saturated rings. The molecule has 36 heavy (non-hydrogen) atoms. The molecule has 1 aliphatic rings. The van der Waals surface area contributed by atoms with Crippen LogP contribution in [0.5, 0.6) is 23.1 Å². The molecule has 190 valence electrons. The second-order valence-electron chi connectivity index (χ2n) is 8.45. The molecule has 0 saturated carbocycles. The Morgan fingerprint density at radius 1 is 1.11 bits per heavy atom. The lowest BCUT2D eigenvalue weighted by atomic mass is 9.97. The highest BCUT2D eigenvalue weighted by Crippen LogP contribution is 2.47. The van der Waals surface area contributed by atoms with Crippen LogP contribution >= 0.6 is 0 Å². The van der Waals surface area contributed by atoms with Gasteiger partial charge >= 0.3 is 0 Å². The fraction of sp³-hybridized carbons (Fsp3) is 0.333. The van der Waals surface area contributed by atoms with Crippen LogP contribution in [0.2, 0.25) is 0 Å². The van der Waals surface area contributed by atoms with Crippen LogP contribution in [-0.2, 0) is 11.3 Å². The Morgan fingerprint density at radius 2 is 1.81 bits per heavy atom. The number of rotatable bonds is 8. The molecule has 0 bridgehead atoms. The van der Waals surface area contributed by atoms with Crippen molar-refractivity contribution in [2.75, 3.05) is 33.9 Å². The number of methoxy groups -OCH3 is 2. The standard InChI is InChI=1S/C27H29FN2O6/c1-4-36-15-19-22(23-20(34-2)9-6-10-21(23)35-3)25(31)24(26(32)29-19)27(33)30-12-11-17(14-30)16-7-5-8-18(28)13-16/h5-10,13,17H,4,11-12,14-15H2,1-3H3,(H2,29,31,32). The van der Waals surface area contributed by atoms with Gasteiger partial charge in [0.25, 0.3) is 5.91 Å². The fourth-order valence-electron chi connectivity index (χ4n) is 4.60. The number of hydrogen-bond donors (Lipinski definition) is 2. The van der Waals surface area contributed by atoms with Gasteiger partial charge < -0.3 is 29.3 Å². The monoisotopic (exact) mass is 496 g/mol. The molecule has 0 spiro atoms. The first kappa shape index (κ1) is 25.2. The molecule has 2 N–H and O–H groups in total. The lowest BCUT2D eigenvalue weighted by Gasteiger charge is -2.22. The third kappa shape index (κ3) is 4.79. The number of amides is 1. The van der Waals surface area contributed by atoms with Crippen molar-refractivity contribution in [1.82, 2.24) is 9.88 Å². The van der Waals surface area contributed by atoms with E-state index in [1.807, 2.05) is 13.0 Å². The van der Waals surface area contributed by atoms with E-state index in [0.717, 1.165) is 5.56 Å². The van der Waals surface area contributed by atoms with Crippen LogP contribution in [-0.4, -0.2) is 59.9 Å². The largest absolute Gasteiger partial charge is 0.506 e. The zero-order valence-corrected chi connectivity index (χ0v) is 20.5. The summed E-state index contributed by atoms with van der Waals surface area (Å²) in [4.78, 5) is 19.3. The summed E-state index contributed by atoms with van der Waals surface area (Å²) in [7, 11) is 2.96. The predicted octanol–water partition coefficient (Wildman–Crippen LogP) is 4.48. The summed E-state index contributed by atoms with van der Waals surface area (Å²) in [5.74, 6) is -1.24. The smallest absolute Gasteiger partial charge is 0.263 e. The summed E-state index contributed by atoms with van der Waals surface area (Å²) >= 11 is 0. The van der Waals surface area contributed by atoms with Crippen molar-refractivity contribution in [3.63, 3.8) is 0 Å². The zero-order chi connectivity index (χ0) is 25.8. The van der Waals surface area contributed by atoms with Crippen LogP contribution in [0, 0.1) is 5.82 Å². The Balaban J connectivity index is 1.78. The topological polar surface area (TPSA) is 101 Å². The first-order valence-corrected chi connectivity index (χ1v) is 11.7. The van der Waals surface area contributed by atoms with Crippen molar-refractivity contribution < 1.29 is 33.6 Å². The van der Waals surface area contributed by atoms with E-state index in [2.05, 4.69) is 4.98 Å². The van der Waals surface area contributed by atoms with E-state index in [1.54, 1.807) is 24.3 Å². The quantitative estimate of drug-likeness (QED) is 0.474. The highest BCUT2D eigenvalue weighted by molar-refractivity contribution is 6.02. The number of carbonyl (C=O) groups excluding carboxylic acids is 1. The van der Waals surface area contributed by atoms with E-state index < -0.39 is 17.5 Å². The zero-order valence-electron chi connectivity index (χ0n) is 20.5. The first-order chi connectivity index (χ1) is 17.4. The lowest BCUT2D eigenvalue weighted by Crippen LogP contribution is -2.29. The molecule has 2 heterocycles. The second-order valence-corrected chi connectivity index (χ2v) is 8.45. The molecule has 2 aromatic carbocycles. The number of halogens is 1. The third-order valence-corrected chi connectivity index (χ3v) is 6.36. The minimum Gasteiger partial charge on any atom is -0.506 e. The van der Waals surface area contributed by atoms with Gasteiger partial charge in [-0.05, 0) is 43.2 Å². The van der Waals surface area contributed by atoms with Gasteiger partial charge in [-0.3, -0.25) is 4.79 Å². The molecule has 1 unspecified atom stereocenters. The third-order valence-electron chi connectivity index (χ3n) is 6.36. The molecular weight excluding hydrogens is 467 g/mol. The number of ether oxygens (including phenoxy) is 3. The number of aromatic nitrogens is 1. The fourth-order valence-corrected chi connectivity index (χ4v) is 4.60. The second kappa shape index (κ2) is 10.8. The maximum atomic E-state index is 13.7. The summed E-state index contributed by atoms with van der Waals surface area (Å²) < 4.78 is 30.3. The number of hydrogen-bond acceptors (Lipinski definition) is 7. The summed E-state index contributed by atoms with van der Waals surface area (Å²) in [6.07, 6.45) is 0.625. The van der Waals surface area contributed by atoms with Crippen LogP contribution < -0.4 is 9.47 Å². The van der Waals surface area contributed by atoms with Crippen LogP contribution in [0.25, 0.3) is 11.1 Å². The van der Waals surface area contributed by atoms with E-state index in [4.69, 9.17) is 14.2 Å². The van der Waals surface area contributed by atoms with E-state index in [0.29, 0.717) is 43.2 Å². The van der Waals surface area contributed by atoms with Gasteiger partial charge in [-0.2, -0.15) is 0 Å². The number of likely N-dealkylation sites (tertiary alicyclic amines) is 1. The van der Waals surface area contributed by atoms with Gasteiger partial charge in [-0.25, -0.2) is 9.37 Å². The van der Waals surface area contributed by atoms with Crippen molar-refractivity contribution in [2.45, 2.75) is 25.9 Å². The maximum Gasteiger partial charge on any atom is 0.263 e. The average molecular weight is 497 g/mol. The number of benzene rings is 2. The van der Waals surface area contributed by atoms with E-state index in [9.17, 15) is 19.4 Å². The summed E-state index contributed by atoms with van der Waals surface area (Å²) in [5, 5.41) is 22.2. The molecule has 3 aromatic rings. The maximum absolute atomic E-state index is 13.7. The van der Waals surface area contributed by atoms with Gasteiger partial charge in [-0.1, -0.05) is 18.2 Å². The molecule has 8 nitrogen and oxygen atoms in total. The molecule has 0 radical (unpaired) electrons. The molecule has 1 aromatic heterocycles. The van der Waals surface area contributed by atoms with E-state index in [-0.39, 0.29) is 35.2 Å². The van der Waals surface area contributed by atoms with Crippen molar-refractivity contribution in [3.8, 4) is 34.3 Å². The van der Waals surface area contributed by atoms with Crippen molar-refractivity contribution >= 4 is 5.91 Å². The first-order valence-electron chi connectivity index (χ1n) is 11.7. The molecule has 1 atom stereocenters. The Bertz CT molecular complexity index is 1240. The van der Waals surface area contributed by atoms with Gasteiger partial charge in [-0.15, -0.1) is 0 Å². The highest BCUT2D eigenvalue weighted by atomic mass is 19.1. The van der Waals surface area contributed by atoms with Gasteiger partial charge in [0.15, 0.2) is 0 Å². The van der Waals surface area contributed by atoms with Gasteiger partial charge in [0.05, 0.1) is 37.6 Å². The molecule has 9 heteroatoms. The summed E-state index contributed by atoms with van der Waals surface area (Å²) in [6, 6.07) is 11.4. The number of carbonyl (C=O) groups is 1. The molecule has 0 aliphatic carbocycles. The number of aromatic hydroxyl groups is 2. The van der Waals surface area contributed by atoms with Crippen LogP contribution in [0.15, 0.2) is 42.5 Å². The van der Waals surface area contributed by atoms with Gasteiger partial charge in [0, 0.05) is 25.6 Å². The van der Waals surface area contributed by atoms with Crippen LogP contribution in [0.1, 0.15) is 40.9 Å². The van der Waals surface area contributed by atoms with Crippen molar-refractivity contribution in [1.29, 1.82) is 0 Å². The average Bonchev–Trinajstić information content (AvgIpc) is 3.37. The van der Waals surface area contributed by atoms with Gasteiger partial charge in [0.2, 0.25) is 5.88 Å². The molecule has 4 rings (SSSR count). The minimum absolute atomic E-state index is 0.0199. The van der Waals surface area contributed by atoms with Crippen molar-refractivity contribution in [2.24, 2.45) is 0 Å². The Morgan fingerprint density at radius 3 is 2.44 bits per heavy atom. The van der Waals surface area contributed by atoms with Crippen LogP contribution in [0.4, 0.5) is 4.39 Å². The highest BCUT2D eigenvalue weighted by Gasteiger charge is 2.34. The molecule has 1 amide bonds. The predicted molar refractivity (Wildman–Crippen MR) is 131 cm³/mol. The summed E-state index contributed by atoms with van der Waals surface area (Å²) in [6.45, 7) is 2.86. The van der Waals surface area contributed by atoms with Crippen molar-refractivity contribution in [3.05, 3.63) is 65.1 Å². The van der Waals surface area contributed by atoms with Gasteiger partial charge in [0.1, 0.15) is 28.6 Å². The molecule has 1 aliphatic heterocycles. The Kier molecular flexibility index (Phi) is 7.59. The van der Waals surface area contributed by atoms with E-state index >= 15 is 0 Å². The molecular formula is C27H29FN2O6. The molecule has 1 saturated heterocycles. The lowest BCUT2D eigenvalue weighted by molar-refractivity contribution is 0.0783. The Labute approximate surface area is 208 Å². The Hall–Kier alpha value is -3.85. The number of pyridine rings is 1. The minimum atomic E-state index is -0.598. The van der Waals surface area contributed by atoms with E-state index in [1.165, 1.54) is 31.3 Å². The summed E-state index contributed by atoms with van der Waals surface area (Å²) in [5.41, 5.74) is 1.27.